The maximum absolute atomic E-state index is 13.4. The predicted octanol–water partition coefficient (Wildman–Crippen LogP) is 5.98. The Bertz CT molecular complexity index is 1380. The molecule has 5 aromatic rings. The summed E-state index contributed by atoms with van der Waals surface area (Å²) in [5, 5.41) is 1.61. The lowest BCUT2D eigenvalue weighted by Gasteiger charge is -2.11. The highest BCUT2D eigenvalue weighted by Gasteiger charge is 2.19. The fraction of sp³-hybridized carbons (Fsp3) is 0.0400. The van der Waals surface area contributed by atoms with Gasteiger partial charge in [0, 0.05) is 10.9 Å². The standard InChI is InChI=1S/C25H17NO2/c1-16-11-13-20-18(15-16)12-14-21(26-20)23-24(27)19-9-5-6-10-22(19)28-25(23)17-7-3-2-4-8-17/h2-15H,1H3. The van der Waals surface area contributed by atoms with Gasteiger partial charge < -0.3 is 4.42 Å². The van der Waals surface area contributed by atoms with Gasteiger partial charge in [0.2, 0.25) is 5.43 Å². The van der Waals surface area contributed by atoms with Crippen LogP contribution in [0.1, 0.15) is 5.56 Å². The van der Waals surface area contributed by atoms with Crippen molar-refractivity contribution in [2.75, 3.05) is 0 Å². The fourth-order valence-corrected chi connectivity index (χ4v) is 3.55. The molecule has 2 heterocycles. The van der Waals surface area contributed by atoms with Crippen LogP contribution >= 0.6 is 0 Å². The van der Waals surface area contributed by atoms with E-state index in [9.17, 15) is 4.79 Å². The van der Waals surface area contributed by atoms with E-state index in [0.717, 1.165) is 16.5 Å². The van der Waals surface area contributed by atoms with Gasteiger partial charge in [0.25, 0.3) is 0 Å². The lowest BCUT2D eigenvalue weighted by molar-refractivity contribution is 0.620. The van der Waals surface area contributed by atoms with Crippen LogP contribution in [0.15, 0.2) is 94.1 Å². The monoisotopic (exact) mass is 363 g/mol. The zero-order valence-corrected chi connectivity index (χ0v) is 15.3. The van der Waals surface area contributed by atoms with Crippen LogP contribution in [0, 0.1) is 6.92 Å². The summed E-state index contributed by atoms with van der Waals surface area (Å²) in [6.45, 7) is 2.05. The van der Waals surface area contributed by atoms with Gasteiger partial charge >= 0.3 is 0 Å². The van der Waals surface area contributed by atoms with Gasteiger partial charge in [-0.15, -0.1) is 0 Å². The zero-order valence-electron chi connectivity index (χ0n) is 15.3. The third-order valence-corrected chi connectivity index (χ3v) is 4.93. The Morgan fingerprint density at radius 3 is 2.46 bits per heavy atom. The van der Waals surface area contributed by atoms with Gasteiger partial charge in [-0.1, -0.05) is 60.2 Å². The molecule has 0 radical (unpaired) electrons. The molecule has 0 bridgehead atoms. The van der Waals surface area contributed by atoms with Crippen LogP contribution in [0.5, 0.6) is 0 Å². The molecule has 3 nitrogen and oxygen atoms in total. The Hall–Kier alpha value is -3.72. The number of pyridine rings is 1. The van der Waals surface area contributed by atoms with Crippen LogP contribution in [0.3, 0.4) is 0 Å². The van der Waals surface area contributed by atoms with E-state index in [4.69, 9.17) is 9.40 Å². The van der Waals surface area contributed by atoms with E-state index >= 15 is 0 Å². The normalized spacial score (nSPS) is 11.2. The summed E-state index contributed by atoms with van der Waals surface area (Å²) in [5.41, 5.74) is 4.51. The Kier molecular flexibility index (Phi) is 3.80. The molecule has 3 heteroatoms. The second-order valence-electron chi connectivity index (χ2n) is 6.89. The quantitative estimate of drug-likeness (QED) is 0.387. The molecule has 0 N–H and O–H groups in total. The zero-order chi connectivity index (χ0) is 19.1. The Balaban J connectivity index is 1.86. The number of hydrogen-bond donors (Lipinski definition) is 0. The summed E-state index contributed by atoms with van der Waals surface area (Å²) in [6, 6.07) is 27.1. The maximum atomic E-state index is 13.4. The van der Waals surface area contributed by atoms with Crippen LogP contribution in [-0.2, 0) is 0 Å². The Morgan fingerprint density at radius 1 is 0.821 bits per heavy atom. The van der Waals surface area contributed by atoms with Crippen molar-refractivity contribution in [3.63, 3.8) is 0 Å². The van der Waals surface area contributed by atoms with Gasteiger partial charge in [-0.25, -0.2) is 4.98 Å². The molecule has 0 spiro atoms. The molecule has 0 unspecified atom stereocenters. The summed E-state index contributed by atoms with van der Waals surface area (Å²) in [7, 11) is 0. The molecule has 0 aliphatic heterocycles. The molecule has 5 rings (SSSR count). The van der Waals surface area contributed by atoms with E-state index in [2.05, 4.69) is 13.0 Å². The van der Waals surface area contributed by atoms with Gasteiger partial charge in [0.05, 0.1) is 22.2 Å². The third kappa shape index (κ3) is 2.69. The first-order chi connectivity index (χ1) is 13.7. The minimum atomic E-state index is -0.0698. The molecule has 3 aromatic carbocycles. The minimum Gasteiger partial charge on any atom is -0.455 e. The van der Waals surface area contributed by atoms with Crippen LogP contribution in [-0.4, -0.2) is 4.98 Å². The number of para-hydroxylation sites is 1. The van der Waals surface area contributed by atoms with Gasteiger partial charge in [0.1, 0.15) is 11.3 Å². The minimum absolute atomic E-state index is 0.0698. The molecule has 0 saturated carbocycles. The van der Waals surface area contributed by atoms with E-state index in [1.807, 2.05) is 72.8 Å². The van der Waals surface area contributed by atoms with Gasteiger partial charge in [-0.3, -0.25) is 4.79 Å². The fourth-order valence-electron chi connectivity index (χ4n) is 3.55. The highest BCUT2D eigenvalue weighted by atomic mass is 16.3. The van der Waals surface area contributed by atoms with E-state index < -0.39 is 0 Å². The molecular weight excluding hydrogens is 346 g/mol. The van der Waals surface area contributed by atoms with Crippen LogP contribution in [0.2, 0.25) is 0 Å². The first-order valence-corrected chi connectivity index (χ1v) is 9.20. The molecular formula is C25H17NO2. The van der Waals surface area contributed by atoms with Crippen molar-refractivity contribution in [2.45, 2.75) is 6.92 Å². The van der Waals surface area contributed by atoms with Crippen molar-refractivity contribution in [1.29, 1.82) is 0 Å². The first-order valence-electron chi connectivity index (χ1n) is 9.20. The molecule has 134 valence electrons. The highest BCUT2D eigenvalue weighted by molar-refractivity contribution is 5.90. The summed E-state index contributed by atoms with van der Waals surface area (Å²) < 4.78 is 6.21. The lowest BCUT2D eigenvalue weighted by Crippen LogP contribution is -2.08. The van der Waals surface area contributed by atoms with Gasteiger partial charge in [-0.05, 0) is 37.3 Å². The number of rotatable bonds is 2. The summed E-state index contributed by atoms with van der Waals surface area (Å²) >= 11 is 0. The molecule has 0 amide bonds. The van der Waals surface area contributed by atoms with E-state index in [1.165, 1.54) is 5.56 Å². The van der Waals surface area contributed by atoms with Crippen molar-refractivity contribution in [1.82, 2.24) is 4.98 Å². The van der Waals surface area contributed by atoms with Crippen molar-refractivity contribution < 1.29 is 4.42 Å². The average molecular weight is 363 g/mol. The van der Waals surface area contributed by atoms with E-state index in [0.29, 0.717) is 28.0 Å². The second kappa shape index (κ2) is 6.46. The summed E-state index contributed by atoms with van der Waals surface area (Å²) in [5.74, 6) is 0.545. The van der Waals surface area contributed by atoms with Crippen molar-refractivity contribution in [3.8, 4) is 22.6 Å². The number of fused-ring (bicyclic) bond motifs is 2. The van der Waals surface area contributed by atoms with Crippen LogP contribution in [0.4, 0.5) is 0 Å². The summed E-state index contributed by atoms with van der Waals surface area (Å²) in [4.78, 5) is 18.2. The molecule has 0 atom stereocenters. The Morgan fingerprint density at radius 2 is 1.61 bits per heavy atom. The van der Waals surface area contributed by atoms with E-state index in [1.54, 1.807) is 6.07 Å². The first kappa shape index (κ1) is 16.5. The molecule has 28 heavy (non-hydrogen) atoms. The number of aromatic nitrogens is 1. The summed E-state index contributed by atoms with van der Waals surface area (Å²) in [6.07, 6.45) is 0. The largest absolute Gasteiger partial charge is 0.455 e. The van der Waals surface area contributed by atoms with Crippen molar-refractivity contribution >= 4 is 21.9 Å². The predicted molar refractivity (Wildman–Crippen MR) is 113 cm³/mol. The molecule has 0 saturated heterocycles. The van der Waals surface area contributed by atoms with Gasteiger partial charge in [0.15, 0.2) is 0 Å². The topological polar surface area (TPSA) is 43.1 Å². The number of benzene rings is 3. The molecule has 0 aliphatic rings. The van der Waals surface area contributed by atoms with E-state index in [-0.39, 0.29) is 5.43 Å². The molecule has 0 aliphatic carbocycles. The maximum Gasteiger partial charge on any atom is 0.202 e. The van der Waals surface area contributed by atoms with Crippen LogP contribution < -0.4 is 5.43 Å². The average Bonchev–Trinajstić information content (AvgIpc) is 2.74. The van der Waals surface area contributed by atoms with Gasteiger partial charge in [-0.2, -0.15) is 0 Å². The van der Waals surface area contributed by atoms with Crippen LogP contribution in [0.25, 0.3) is 44.5 Å². The number of aryl methyl sites for hydroxylation is 1. The molecule has 0 fully saturated rings. The van der Waals surface area contributed by atoms with Crippen molar-refractivity contribution in [2.24, 2.45) is 0 Å². The smallest absolute Gasteiger partial charge is 0.202 e. The Labute approximate surface area is 161 Å². The third-order valence-electron chi connectivity index (χ3n) is 4.93. The highest BCUT2D eigenvalue weighted by Crippen LogP contribution is 2.32. The second-order valence-corrected chi connectivity index (χ2v) is 6.89. The number of nitrogens with zero attached hydrogens (tertiary/aromatic N) is 1. The number of hydrogen-bond acceptors (Lipinski definition) is 3. The molecule has 2 aromatic heterocycles. The lowest BCUT2D eigenvalue weighted by atomic mass is 10.0. The SMILES string of the molecule is Cc1ccc2nc(-c3c(-c4ccccc4)oc4ccccc4c3=O)ccc2c1. The van der Waals surface area contributed by atoms with Crippen molar-refractivity contribution in [3.05, 3.63) is 101 Å².